The minimum atomic E-state index is 0.534. The topological polar surface area (TPSA) is 58.3 Å². The van der Waals surface area contributed by atoms with Crippen molar-refractivity contribution in [3.63, 3.8) is 0 Å². The molecule has 1 aliphatic carbocycles. The molecule has 0 spiro atoms. The fourth-order valence-corrected chi connectivity index (χ4v) is 4.03. The summed E-state index contributed by atoms with van der Waals surface area (Å²) >= 11 is 1.80. The SMILES string of the molecule is Cc1ncc(CN2CC[C@@H](N(C)Cc3noc(C4CC4)n3)C2)s1. The minimum Gasteiger partial charge on any atom is -0.339 e. The molecule has 0 bridgehead atoms. The number of hydrogen-bond donors (Lipinski definition) is 0. The Bertz CT molecular complexity index is 665. The third-order valence-electron chi connectivity index (χ3n) is 4.72. The molecule has 0 radical (unpaired) electrons. The third-order valence-corrected chi connectivity index (χ3v) is 5.62. The summed E-state index contributed by atoms with van der Waals surface area (Å²) in [6.07, 6.45) is 5.61. The van der Waals surface area contributed by atoms with Gasteiger partial charge in [0.25, 0.3) is 0 Å². The molecule has 6 nitrogen and oxygen atoms in total. The van der Waals surface area contributed by atoms with Gasteiger partial charge in [-0.05, 0) is 33.2 Å². The lowest BCUT2D eigenvalue weighted by molar-refractivity contribution is 0.216. The average molecular weight is 333 g/mol. The van der Waals surface area contributed by atoms with Crippen molar-refractivity contribution in [3.05, 3.63) is 27.8 Å². The van der Waals surface area contributed by atoms with Gasteiger partial charge in [0.05, 0.1) is 11.6 Å². The zero-order chi connectivity index (χ0) is 15.8. The molecule has 0 amide bonds. The number of rotatable bonds is 6. The average Bonchev–Trinajstić information content (AvgIpc) is 2.93. The molecule has 1 aliphatic heterocycles. The molecule has 2 aromatic rings. The van der Waals surface area contributed by atoms with Gasteiger partial charge in [-0.1, -0.05) is 5.16 Å². The molecule has 0 N–H and O–H groups in total. The highest BCUT2D eigenvalue weighted by Gasteiger charge is 2.31. The molecule has 1 saturated carbocycles. The van der Waals surface area contributed by atoms with Gasteiger partial charge in [-0.25, -0.2) is 4.98 Å². The molecule has 2 aromatic heterocycles. The Kier molecular flexibility index (Phi) is 4.17. The third kappa shape index (κ3) is 3.62. The molecule has 0 aromatic carbocycles. The predicted octanol–water partition coefficient (Wildman–Crippen LogP) is 2.42. The van der Waals surface area contributed by atoms with Crippen molar-refractivity contribution in [2.75, 3.05) is 20.1 Å². The number of likely N-dealkylation sites (N-methyl/N-ethyl adjacent to an activating group) is 1. The van der Waals surface area contributed by atoms with Crippen LogP contribution < -0.4 is 0 Å². The quantitative estimate of drug-likeness (QED) is 0.809. The maximum absolute atomic E-state index is 5.35. The van der Waals surface area contributed by atoms with Gasteiger partial charge in [0.1, 0.15) is 0 Å². The second kappa shape index (κ2) is 6.30. The summed E-state index contributed by atoms with van der Waals surface area (Å²) in [7, 11) is 2.16. The highest BCUT2D eigenvalue weighted by atomic mass is 32.1. The van der Waals surface area contributed by atoms with Crippen molar-refractivity contribution in [1.82, 2.24) is 24.9 Å². The monoisotopic (exact) mass is 333 g/mol. The molecule has 1 atom stereocenters. The van der Waals surface area contributed by atoms with Gasteiger partial charge in [-0.3, -0.25) is 9.80 Å². The summed E-state index contributed by atoms with van der Waals surface area (Å²) in [5.74, 6) is 2.19. The lowest BCUT2D eigenvalue weighted by Crippen LogP contribution is -2.34. The highest BCUT2D eigenvalue weighted by Crippen LogP contribution is 2.38. The first-order valence-electron chi connectivity index (χ1n) is 8.34. The van der Waals surface area contributed by atoms with Crippen LogP contribution in [0, 0.1) is 6.92 Å². The Hall–Kier alpha value is -1.31. The Balaban J connectivity index is 1.29. The summed E-state index contributed by atoms with van der Waals surface area (Å²) in [6.45, 7) is 6.10. The predicted molar refractivity (Wildman–Crippen MR) is 88.3 cm³/mol. The van der Waals surface area contributed by atoms with E-state index in [1.807, 2.05) is 6.20 Å². The van der Waals surface area contributed by atoms with Gasteiger partial charge in [0, 0.05) is 42.7 Å². The van der Waals surface area contributed by atoms with Gasteiger partial charge in [0.15, 0.2) is 5.82 Å². The second-order valence-corrected chi connectivity index (χ2v) is 8.08. The molecular formula is C16H23N5OS. The summed E-state index contributed by atoms with van der Waals surface area (Å²) in [6, 6.07) is 0.562. The number of aryl methyl sites for hydroxylation is 1. The van der Waals surface area contributed by atoms with E-state index >= 15 is 0 Å². The molecule has 1 saturated heterocycles. The van der Waals surface area contributed by atoms with Crippen molar-refractivity contribution in [2.45, 2.75) is 51.2 Å². The van der Waals surface area contributed by atoms with Crippen LogP contribution in [0.5, 0.6) is 0 Å². The van der Waals surface area contributed by atoms with Crippen LogP contribution in [-0.4, -0.2) is 51.1 Å². The van der Waals surface area contributed by atoms with Crippen LogP contribution in [0.15, 0.2) is 10.7 Å². The lowest BCUT2D eigenvalue weighted by atomic mass is 10.2. The maximum Gasteiger partial charge on any atom is 0.229 e. The van der Waals surface area contributed by atoms with Gasteiger partial charge in [-0.15, -0.1) is 11.3 Å². The van der Waals surface area contributed by atoms with Crippen LogP contribution in [-0.2, 0) is 13.1 Å². The van der Waals surface area contributed by atoms with Crippen molar-refractivity contribution in [2.24, 2.45) is 0 Å². The minimum absolute atomic E-state index is 0.534. The standard InChI is InChI=1S/C16H23N5OS/c1-11-17-7-14(23-11)9-21-6-5-13(8-21)20(2)10-15-18-16(22-19-15)12-3-4-12/h7,12-13H,3-6,8-10H2,1-2H3/t13-/m1/s1. The number of likely N-dealkylation sites (tertiary alicyclic amines) is 1. The van der Waals surface area contributed by atoms with E-state index in [1.165, 1.54) is 24.1 Å². The molecule has 23 heavy (non-hydrogen) atoms. The molecule has 3 heterocycles. The number of hydrogen-bond acceptors (Lipinski definition) is 7. The second-order valence-electron chi connectivity index (χ2n) is 6.76. The largest absolute Gasteiger partial charge is 0.339 e. The molecule has 7 heteroatoms. The fourth-order valence-electron chi connectivity index (χ4n) is 3.19. The number of aromatic nitrogens is 3. The first-order valence-corrected chi connectivity index (χ1v) is 9.15. The highest BCUT2D eigenvalue weighted by molar-refractivity contribution is 7.11. The van der Waals surface area contributed by atoms with E-state index in [-0.39, 0.29) is 0 Å². The number of nitrogens with zero attached hydrogens (tertiary/aromatic N) is 5. The number of thiazole rings is 1. The van der Waals surface area contributed by atoms with Crippen molar-refractivity contribution in [1.29, 1.82) is 0 Å². The van der Waals surface area contributed by atoms with Crippen LogP contribution in [0.25, 0.3) is 0 Å². The van der Waals surface area contributed by atoms with E-state index < -0.39 is 0 Å². The van der Waals surface area contributed by atoms with Crippen LogP contribution in [0.4, 0.5) is 0 Å². The van der Waals surface area contributed by atoms with E-state index in [9.17, 15) is 0 Å². The summed E-state index contributed by atoms with van der Waals surface area (Å²) in [5.41, 5.74) is 0. The zero-order valence-electron chi connectivity index (χ0n) is 13.7. The van der Waals surface area contributed by atoms with Crippen LogP contribution >= 0.6 is 11.3 Å². The molecule has 124 valence electrons. The molecule has 4 rings (SSSR count). The van der Waals surface area contributed by atoms with Crippen molar-refractivity contribution >= 4 is 11.3 Å². The maximum atomic E-state index is 5.35. The van der Waals surface area contributed by atoms with Crippen molar-refractivity contribution < 1.29 is 4.52 Å². The van der Waals surface area contributed by atoms with E-state index in [2.05, 4.69) is 38.9 Å². The molecular weight excluding hydrogens is 310 g/mol. The van der Waals surface area contributed by atoms with E-state index in [0.29, 0.717) is 12.0 Å². The Morgan fingerprint density at radius 2 is 2.26 bits per heavy atom. The Labute approximate surface area is 140 Å². The summed E-state index contributed by atoms with van der Waals surface area (Å²) in [5, 5.41) is 5.28. The molecule has 2 aliphatic rings. The Morgan fingerprint density at radius 1 is 1.39 bits per heavy atom. The van der Waals surface area contributed by atoms with Crippen LogP contribution in [0.1, 0.15) is 46.8 Å². The van der Waals surface area contributed by atoms with E-state index in [0.717, 1.165) is 42.9 Å². The Morgan fingerprint density at radius 3 is 3.00 bits per heavy atom. The smallest absolute Gasteiger partial charge is 0.229 e. The van der Waals surface area contributed by atoms with E-state index in [4.69, 9.17) is 4.52 Å². The van der Waals surface area contributed by atoms with Crippen molar-refractivity contribution in [3.8, 4) is 0 Å². The van der Waals surface area contributed by atoms with Gasteiger partial charge < -0.3 is 4.52 Å². The first kappa shape index (κ1) is 15.2. The van der Waals surface area contributed by atoms with Gasteiger partial charge in [-0.2, -0.15) is 4.98 Å². The van der Waals surface area contributed by atoms with Crippen LogP contribution in [0.3, 0.4) is 0 Å². The lowest BCUT2D eigenvalue weighted by Gasteiger charge is -2.23. The molecule has 0 unspecified atom stereocenters. The van der Waals surface area contributed by atoms with Crippen LogP contribution in [0.2, 0.25) is 0 Å². The molecule has 2 fully saturated rings. The summed E-state index contributed by atoms with van der Waals surface area (Å²) < 4.78 is 5.35. The normalized spacial score (nSPS) is 22.3. The first-order chi connectivity index (χ1) is 11.2. The zero-order valence-corrected chi connectivity index (χ0v) is 14.6. The van der Waals surface area contributed by atoms with Gasteiger partial charge in [0.2, 0.25) is 5.89 Å². The van der Waals surface area contributed by atoms with Gasteiger partial charge >= 0.3 is 0 Å². The fraction of sp³-hybridized carbons (Fsp3) is 0.688. The van der Waals surface area contributed by atoms with E-state index in [1.54, 1.807) is 11.3 Å². The summed E-state index contributed by atoms with van der Waals surface area (Å²) in [4.78, 5) is 15.1.